The van der Waals surface area contributed by atoms with Crippen LogP contribution in [0.5, 0.6) is 0 Å². The summed E-state index contributed by atoms with van der Waals surface area (Å²) in [6.07, 6.45) is 11.3. The number of hydrogen-bond acceptors (Lipinski definition) is 4. The Labute approximate surface area is 157 Å². The summed E-state index contributed by atoms with van der Waals surface area (Å²) in [5.41, 5.74) is 10.5. The first-order valence-corrected chi connectivity index (χ1v) is 11.2. The monoisotopic (exact) mass is 365 g/mol. The first-order valence-electron chi connectivity index (χ1n) is 9.77. The normalized spacial score (nSPS) is 18.1. The van der Waals surface area contributed by atoms with Crippen LogP contribution in [0.2, 0.25) is 0 Å². The molecule has 4 heteroatoms. The molecule has 0 spiro atoms. The second-order valence-electron chi connectivity index (χ2n) is 7.25. The lowest BCUT2D eigenvalue weighted by Crippen LogP contribution is -2.17. The molecule has 0 amide bonds. The smallest absolute Gasteiger partial charge is 0.0918 e. The summed E-state index contributed by atoms with van der Waals surface area (Å²) < 4.78 is 5.57. The van der Waals surface area contributed by atoms with Crippen molar-refractivity contribution in [3.63, 3.8) is 0 Å². The average molecular weight is 366 g/mol. The molecule has 3 nitrogen and oxygen atoms in total. The molecule has 1 aliphatic rings. The maximum absolute atomic E-state index is 8.97. The first-order chi connectivity index (χ1) is 12.3. The number of fused-ring (bicyclic) bond motifs is 1. The van der Waals surface area contributed by atoms with E-state index in [1.165, 1.54) is 48.8 Å². The standard InChI is InChI=1S/C21H35NO2S/c1-25-16-24-12-4-5-17-7-8-19-14-20(10-9-18(19)13-17)21(15-22)6-2-3-11-23/h9-10,14,17,21,23H,2-8,11-13,15-16,22H2,1H3/t17?,21-/m0/s1. The molecule has 0 radical (unpaired) electrons. The quantitative estimate of drug-likeness (QED) is 0.432. The Balaban J connectivity index is 1.85. The number of benzene rings is 1. The number of ether oxygens (including phenoxy) is 1. The van der Waals surface area contributed by atoms with E-state index >= 15 is 0 Å². The van der Waals surface area contributed by atoms with Crippen molar-refractivity contribution in [1.29, 1.82) is 0 Å². The van der Waals surface area contributed by atoms with Crippen molar-refractivity contribution in [2.24, 2.45) is 11.7 Å². The van der Waals surface area contributed by atoms with Crippen molar-refractivity contribution < 1.29 is 9.84 Å². The first kappa shape index (κ1) is 20.8. The highest BCUT2D eigenvalue weighted by Gasteiger charge is 2.20. The molecule has 1 aromatic carbocycles. The van der Waals surface area contributed by atoms with Gasteiger partial charge in [-0.05, 0) is 86.3 Å². The van der Waals surface area contributed by atoms with Gasteiger partial charge in [-0.2, -0.15) is 0 Å². The van der Waals surface area contributed by atoms with Crippen LogP contribution in [0.3, 0.4) is 0 Å². The molecule has 1 unspecified atom stereocenters. The van der Waals surface area contributed by atoms with Gasteiger partial charge in [0.15, 0.2) is 0 Å². The largest absolute Gasteiger partial charge is 0.396 e. The molecule has 0 aliphatic heterocycles. The fourth-order valence-corrected chi connectivity index (χ4v) is 4.17. The molecule has 0 heterocycles. The average Bonchev–Trinajstić information content (AvgIpc) is 2.65. The molecule has 0 bridgehead atoms. The Morgan fingerprint density at radius 1 is 1.28 bits per heavy atom. The van der Waals surface area contributed by atoms with Gasteiger partial charge in [0.25, 0.3) is 0 Å². The lowest BCUT2D eigenvalue weighted by atomic mass is 9.80. The van der Waals surface area contributed by atoms with E-state index in [0.29, 0.717) is 12.5 Å². The summed E-state index contributed by atoms with van der Waals surface area (Å²) in [5.74, 6) is 2.06. The summed E-state index contributed by atoms with van der Waals surface area (Å²) in [4.78, 5) is 0. The predicted molar refractivity (Wildman–Crippen MR) is 108 cm³/mol. The summed E-state index contributed by atoms with van der Waals surface area (Å²) in [6.45, 7) is 1.88. The summed E-state index contributed by atoms with van der Waals surface area (Å²) >= 11 is 1.75. The third-order valence-corrected chi connectivity index (χ3v) is 5.78. The van der Waals surface area contributed by atoms with Crippen molar-refractivity contribution in [3.8, 4) is 0 Å². The summed E-state index contributed by atoms with van der Waals surface area (Å²) in [7, 11) is 0. The number of hydrogen-bond donors (Lipinski definition) is 2. The zero-order valence-electron chi connectivity index (χ0n) is 15.7. The second-order valence-corrected chi connectivity index (χ2v) is 8.06. The van der Waals surface area contributed by atoms with E-state index in [-0.39, 0.29) is 6.61 Å². The lowest BCUT2D eigenvalue weighted by molar-refractivity contribution is 0.171. The van der Waals surface area contributed by atoms with Gasteiger partial charge < -0.3 is 15.6 Å². The molecule has 1 aliphatic carbocycles. The van der Waals surface area contributed by atoms with E-state index in [9.17, 15) is 0 Å². The SMILES string of the molecule is CSCOCCCC1CCc2cc([C@H](CN)CCCCO)ccc2C1. The Morgan fingerprint density at radius 3 is 2.92 bits per heavy atom. The third kappa shape index (κ3) is 6.93. The number of aryl methyl sites for hydroxylation is 1. The van der Waals surface area contributed by atoms with Crippen molar-refractivity contribution >= 4 is 11.8 Å². The Morgan fingerprint density at radius 2 is 2.16 bits per heavy atom. The van der Waals surface area contributed by atoms with Crippen LogP contribution in [-0.2, 0) is 17.6 Å². The zero-order valence-corrected chi connectivity index (χ0v) is 16.5. The summed E-state index contributed by atoms with van der Waals surface area (Å²) in [5, 5.41) is 8.97. The highest BCUT2D eigenvalue weighted by Crippen LogP contribution is 2.31. The van der Waals surface area contributed by atoms with Gasteiger partial charge in [-0.1, -0.05) is 24.6 Å². The van der Waals surface area contributed by atoms with Crippen LogP contribution in [0, 0.1) is 5.92 Å². The van der Waals surface area contributed by atoms with E-state index in [2.05, 4.69) is 24.5 Å². The van der Waals surface area contributed by atoms with Crippen LogP contribution >= 0.6 is 11.8 Å². The van der Waals surface area contributed by atoms with Crippen molar-refractivity contribution in [3.05, 3.63) is 34.9 Å². The van der Waals surface area contributed by atoms with Gasteiger partial charge in [0, 0.05) is 13.2 Å². The van der Waals surface area contributed by atoms with Gasteiger partial charge in [-0.3, -0.25) is 0 Å². The van der Waals surface area contributed by atoms with E-state index in [1.54, 1.807) is 11.8 Å². The van der Waals surface area contributed by atoms with E-state index in [1.807, 2.05) is 0 Å². The van der Waals surface area contributed by atoms with E-state index < -0.39 is 0 Å². The topological polar surface area (TPSA) is 55.5 Å². The number of nitrogens with two attached hydrogens (primary N) is 1. The molecule has 0 saturated heterocycles. The second kappa shape index (κ2) is 11.9. The molecule has 0 saturated carbocycles. The van der Waals surface area contributed by atoms with Crippen LogP contribution < -0.4 is 5.73 Å². The number of rotatable bonds is 12. The fraction of sp³-hybridized carbons (Fsp3) is 0.714. The molecule has 142 valence electrons. The Bertz CT molecular complexity index is 495. The Hall–Kier alpha value is -0.550. The minimum Gasteiger partial charge on any atom is -0.396 e. The highest BCUT2D eigenvalue weighted by molar-refractivity contribution is 7.98. The van der Waals surface area contributed by atoms with Gasteiger partial charge >= 0.3 is 0 Å². The van der Waals surface area contributed by atoms with Crippen molar-refractivity contribution in [2.45, 2.75) is 57.3 Å². The maximum Gasteiger partial charge on any atom is 0.0918 e. The van der Waals surface area contributed by atoms with Crippen LogP contribution in [0.1, 0.15) is 61.1 Å². The molecule has 0 aromatic heterocycles. The predicted octanol–water partition coefficient (Wildman–Crippen LogP) is 4.11. The van der Waals surface area contributed by atoms with Crippen LogP contribution in [-0.4, -0.2) is 37.1 Å². The minimum absolute atomic E-state index is 0.283. The molecule has 0 fully saturated rings. The van der Waals surface area contributed by atoms with E-state index in [4.69, 9.17) is 15.6 Å². The zero-order chi connectivity index (χ0) is 17.9. The molecule has 25 heavy (non-hydrogen) atoms. The van der Waals surface area contributed by atoms with Gasteiger partial charge in [0.1, 0.15) is 0 Å². The van der Waals surface area contributed by atoms with Crippen LogP contribution in [0.4, 0.5) is 0 Å². The molecule has 2 atom stereocenters. The van der Waals surface area contributed by atoms with Gasteiger partial charge in [0.2, 0.25) is 0 Å². The number of aliphatic hydroxyl groups excluding tert-OH is 1. The van der Waals surface area contributed by atoms with Crippen LogP contribution in [0.25, 0.3) is 0 Å². The van der Waals surface area contributed by atoms with Crippen LogP contribution in [0.15, 0.2) is 18.2 Å². The maximum atomic E-state index is 8.97. The van der Waals surface area contributed by atoms with Crippen molar-refractivity contribution in [1.82, 2.24) is 0 Å². The summed E-state index contributed by atoms with van der Waals surface area (Å²) in [6, 6.07) is 7.04. The minimum atomic E-state index is 0.283. The molecular formula is C21H35NO2S. The van der Waals surface area contributed by atoms with Crippen molar-refractivity contribution in [2.75, 3.05) is 32.0 Å². The van der Waals surface area contributed by atoms with E-state index in [0.717, 1.165) is 37.7 Å². The van der Waals surface area contributed by atoms with Gasteiger partial charge in [0.05, 0.1) is 5.94 Å². The highest BCUT2D eigenvalue weighted by atomic mass is 32.2. The molecule has 3 N–H and O–H groups in total. The van der Waals surface area contributed by atoms with Gasteiger partial charge in [-0.25, -0.2) is 0 Å². The number of unbranched alkanes of at least 4 members (excludes halogenated alkanes) is 1. The van der Waals surface area contributed by atoms with Gasteiger partial charge in [-0.15, -0.1) is 11.8 Å². The molecule has 2 rings (SSSR count). The molecular weight excluding hydrogens is 330 g/mol. The number of aliphatic hydroxyl groups is 1. The fourth-order valence-electron chi connectivity index (χ4n) is 3.89. The Kier molecular flexibility index (Phi) is 9.92. The third-order valence-electron chi connectivity index (χ3n) is 5.38. The number of thioether (sulfide) groups is 1. The molecule has 1 aromatic rings. The lowest BCUT2D eigenvalue weighted by Gasteiger charge is -2.26.